The predicted molar refractivity (Wildman–Crippen MR) is 56.8 cm³/mol. The van der Waals surface area contributed by atoms with Gasteiger partial charge in [0.1, 0.15) is 5.57 Å². The van der Waals surface area contributed by atoms with E-state index in [1.165, 1.54) is 6.08 Å². The second-order valence-electron chi connectivity index (χ2n) is 2.31. The molecule has 0 saturated heterocycles. The third-order valence-electron chi connectivity index (χ3n) is 1.51. The summed E-state index contributed by atoms with van der Waals surface area (Å²) in [6, 6.07) is 0. The molecule has 0 radical (unpaired) electrons. The molecule has 0 aromatic rings. The van der Waals surface area contributed by atoms with Crippen LogP contribution in [0.25, 0.3) is 0 Å². The van der Waals surface area contributed by atoms with Crippen molar-refractivity contribution >= 4 is 35.1 Å². The van der Waals surface area contributed by atoms with E-state index in [0.717, 1.165) is 19.8 Å². The second kappa shape index (κ2) is 7.31. The summed E-state index contributed by atoms with van der Waals surface area (Å²) >= 11 is 10.9. The predicted octanol–water partition coefficient (Wildman–Crippen LogP) is 1.62. The fraction of sp³-hybridized carbons (Fsp3) is 0.333. The molecule has 0 aromatic carbocycles. The Kier molecular flexibility index (Phi) is 6.83. The van der Waals surface area contributed by atoms with Crippen molar-refractivity contribution in [1.82, 2.24) is 0 Å². The molecule has 0 aliphatic heterocycles. The van der Waals surface area contributed by atoms with Gasteiger partial charge in [0.15, 0.2) is 0 Å². The lowest BCUT2D eigenvalue weighted by molar-refractivity contribution is -0.144. The summed E-state index contributed by atoms with van der Waals surface area (Å²) in [6.07, 6.45) is 1.33. The molecule has 0 saturated carbocycles. The highest BCUT2D eigenvalue weighted by Gasteiger charge is 2.23. The molecule has 84 valence electrons. The van der Waals surface area contributed by atoms with Gasteiger partial charge in [-0.15, -0.1) is 11.6 Å². The molecule has 0 spiro atoms. The number of rotatable bonds is 4. The van der Waals surface area contributed by atoms with E-state index in [0.29, 0.717) is 0 Å². The van der Waals surface area contributed by atoms with Crippen molar-refractivity contribution in [3.63, 3.8) is 0 Å². The van der Waals surface area contributed by atoms with Gasteiger partial charge in [-0.05, 0) is 11.6 Å². The lowest BCUT2D eigenvalue weighted by Gasteiger charge is -2.06. The Morgan fingerprint density at radius 1 is 1.20 bits per heavy atom. The number of carbonyl (C=O) groups is 2. The van der Waals surface area contributed by atoms with Crippen LogP contribution in [0.4, 0.5) is 0 Å². The van der Waals surface area contributed by atoms with Gasteiger partial charge in [-0.3, -0.25) is 0 Å². The van der Waals surface area contributed by atoms with Crippen LogP contribution >= 0.6 is 23.2 Å². The molecule has 0 amide bonds. The van der Waals surface area contributed by atoms with Gasteiger partial charge in [-0.1, -0.05) is 11.6 Å². The first-order chi connectivity index (χ1) is 7.12. The van der Waals surface area contributed by atoms with Crippen LogP contribution in [0.3, 0.4) is 0 Å². The van der Waals surface area contributed by atoms with E-state index >= 15 is 0 Å². The first-order valence-electron chi connectivity index (χ1n) is 3.84. The Bertz CT molecular complexity index is 289. The number of allylic oxidation sites excluding steroid dienone is 2. The molecular formula is C9H10Cl2O4. The maximum Gasteiger partial charge on any atom is 0.345 e. The minimum Gasteiger partial charge on any atom is -0.465 e. The Morgan fingerprint density at radius 2 is 1.67 bits per heavy atom. The number of esters is 2. The number of carbonyl (C=O) groups excluding carboxylic acids is 2. The Labute approximate surface area is 97.4 Å². The highest BCUT2D eigenvalue weighted by Crippen LogP contribution is 2.12. The topological polar surface area (TPSA) is 52.6 Å². The number of alkyl halides is 1. The summed E-state index contributed by atoms with van der Waals surface area (Å²) in [5.74, 6) is -1.68. The zero-order valence-corrected chi connectivity index (χ0v) is 9.76. The van der Waals surface area contributed by atoms with E-state index in [1.54, 1.807) is 0 Å². The summed E-state index contributed by atoms with van der Waals surface area (Å²) in [7, 11) is 2.31. The van der Waals surface area contributed by atoms with Crippen molar-refractivity contribution in [2.45, 2.75) is 0 Å². The van der Waals surface area contributed by atoms with Crippen LogP contribution in [-0.4, -0.2) is 32.0 Å². The minimum absolute atomic E-state index is 0.0528. The van der Waals surface area contributed by atoms with Crippen molar-refractivity contribution in [3.8, 4) is 0 Å². The van der Waals surface area contributed by atoms with E-state index < -0.39 is 11.9 Å². The van der Waals surface area contributed by atoms with Gasteiger partial charge in [0.05, 0.1) is 14.2 Å². The lowest BCUT2D eigenvalue weighted by Crippen LogP contribution is -2.18. The molecule has 0 aliphatic carbocycles. The average Bonchev–Trinajstić information content (AvgIpc) is 2.27. The Balaban J connectivity index is 5.38. The molecule has 0 N–H and O–H groups in total. The number of hydrogen-bond donors (Lipinski definition) is 0. The van der Waals surface area contributed by atoms with Crippen LogP contribution in [-0.2, 0) is 19.1 Å². The Morgan fingerprint density at radius 3 is 1.93 bits per heavy atom. The molecule has 0 aromatic heterocycles. The SMILES string of the molecule is COC(=O)C(C(=O)OC)=C(C=CCl)CCl. The molecule has 0 bridgehead atoms. The minimum atomic E-state index is -0.813. The van der Waals surface area contributed by atoms with Crippen LogP contribution < -0.4 is 0 Å². The molecule has 0 fully saturated rings. The molecule has 0 unspecified atom stereocenters. The Hall–Kier alpha value is -1.000. The van der Waals surface area contributed by atoms with Gasteiger partial charge in [-0.25, -0.2) is 9.59 Å². The third kappa shape index (κ3) is 3.93. The lowest BCUT2D eigenvalue weighted by atomic mass is 10.1. The summed E-state index contributed by atoms with van der Waals surface area (Å²) in [6.45, 7) is 0. The fourth-order valence-corrected chi connectivity index (χ4v) is 1.20. The normalized spacial score (nSPS) is 9.87. The van der Waals surface area contributed by atoms with Crippen LogP contribution in [0.2, 0.25) is 0 Å². The second-order valence-corrected chi connectivity index (χ2v) is 2.83. The average molecular weight is 253 g/mol. The number of hydrogen-bond acceptors (Lipinski definition) is 4. The standard InChI is InChI=1S/C9H10Cl2O4/c1-14-8(12)7(9(13)15-2)6(5-11)3-4-10/h3-4H,5H2,1-2H3. The third-order valence-corrected chi connectivity index (χ3v) is 1.92. The van der Waals surface area contributed by atoms with Crippen LogP contribution in [0.5, 0.6) is 0 Å². The molecule has 0 heterocycles. The summed E-state index contributed by atoms with van der Waals surface area (Å²) < 4.78 is 8.86. The highest BCUT2D eigenvalue weighted by atomic mass is 35.5. The van der Waals surface area contributed by atoms with Gasteiger partial charge in [0, 0.05) is 11.4 Å². The van der Waals surface area contributed by atoms with Crippen molar-refractivity contribution < 1.29 is 19.1 Å². The van der Waals surface area contributed by atoms with Gasteiger partial charge >= 0.3 is 11.9 Å². The molecule has 0 rings (SSSR count). The van der Waals surface area contributed by atoms with Crippen LogP contribution in [0, 0.1) is 0 Å². The molecule has 15 heavy (non-hydrogen) atoms. The van der Waals surface area contributed by atoms with Gasteiger partial charge in [0.25, 0.3) is 0 Å². The van der Waals surface area contributed by atoms with Crippen molar-refractivity contribution in [1.29, 1.82) is 0 Å². The zero-order chi connectivity index (χ0) is 11.8. The van der Waals surface area contributed by atoms with E-state index in [-0.39, 0.29) is 17.0 Å². The number of methoxy groups -OCH3 is 2. The largest absolute Gasteiger partial charge is 0.465 e. The van der Waals surface area contributed by atoms with E-state index in [1.807, 2.05) is 0 Å². The van der Waals surface area contributed by atoms with Gasteiger partial charge in [0.2, 0.25) is 0 Å². The highest BCUT2D eigenvalue weighted by molar-refractivity contribution is 6.26. The van der Waals surface area contributed by atoms with E-state index in [9.17, 15) is 9.59 Å². The molecule has 0 atom stereocenters. The maximum absolute atomic E-state index is 11.3. The number of halogens is 2. The van der Waals surface area contributed by atoms with E-state index in [4.69, 9.17) is 23.2 Å². The maximum atomic E-state index is 11.3. The van der Waals surface area contributed by atoms with Crippen LogP contribution in [0.15, 0.2) is 22.8 Å². The fourth-order valence-electron chi connectivity index (χ4n) is 0.820. The monoisotopic (exact) mass is 252 g/mol. The van der Waals surface area contributed by atoms with Crippen molar-refractivity contribution in [2.24, 2.45) is 0 Å². The molecule has 4 nitrogen and oxygen atoms in total. The summed E-state index contributed by atoms with van der Waals surface area (Å²) in [4.78, 5) is 22.5. The first kappa shape index (κ1) is 14.0. The van der Waals surface area contributed by atoms with Crippen molar-refractivity contribution in [2.75, 3.05) is 20.1 Å². The zero-order valence-electron chi connectivity index (χ0n) is 8.25. The quantitative estimate of drug-likeness (QED) is 0.191. The summed E-state index contributed by atoms with van der Waals surface area (Å²) in [5, 5.41) is 0. The molecular weight excluding hydrogens is 243 g/mol. The van der Waals surface area contributed by atoms with E-state index in [2.05, 4.69) is 9.47 Å². The first-order valence-corrected chi connectivity index (χ1v) is 4.81. The smallest absolute Gasteiger partial charge is 0.345 e. The van der Waals surface area contributed by atoms with Crippen molar-refractivity contribution in [3.05, 3.63) is 22.8 Å². The summed E-state index contributed by atoms with van der Waals surface area (Å²) in [5.41, 5.74) is 1.13. The molecule has 0 aliphatic rings. The van der Waals surface area contributed by atoms with Gasteiger partial charge in [-0.2, -0.15) is 0 Å². The molecule has 6 heteroatoms. The van der Waals surface area contributed by atoms with Gasteiger partial charge < -0.3 is 9.47 Å². The van der Waals surface area contributed by atoms with Crippen LogP contribution in [0.1, 0.15) is 0 Å². The number of ether oxygens (including phenoxy) is 2.